The van der Waals surface area contributed by atoms with Crippen LogP contribution in [0, 0.1) is 12.7 Å². The van der Waals surface area contributed by atoms with Gasteiger partial charge in [0.05, 0.1) is 30.8 Å². The Morgan fingerprint density at radius 2 is 2.02 bits per heavy atom. The van der Waals surface area contributed by atoms with Gasteiger partial charge in [0, 0.05) is 28.3 Å². The van der Waals surface area contributed by atoms with Crippen molar-refractivity contribution in [3.63, 3.8) is 0 Å². The van der Waals surface area contributed by atoms with Crippen molar-refractivity contribution in [3.8, 4) is 22.8 Å². The number of rotatable bonds is 9. The van der Waals surface area contributed by atoms with Crippen LogP contribution < -0.4 is 20.5 Å². The Bertz CT molecular complexity index is 1670. The zero-order valence-electron chi connectivity index (χ0n) is 23.9. The normalized spacial score (nSPS) is 18.1. The highest BCUT2D eigenvalue weighted by Crippen LogP contribution is 2.48. The molecular weight excluding hydrogens is 539 g/mol. The number of aromatic nitrogens is 2. The second kappa shape index (κ2) is 11.1. The monoisotopic (exact) mass is 572 g/mol. The molecule has 4 aromatic rings. The number of benzene rings is 2. The Kier molecular flexibility index (Phi) is 7.70. The zero-order chi connectivity index (χ0) is 30.2. The van der Waals surface area contributed by atoms with E-state index in [1.807, 2.05) is 19.9 Å². The molecule has 4 N–H and O–H groups in total. The number of methoxy groups -OCH3 is 1. The van der Waals surface area contributed by atoms with Gasteiger partial charge in [-0.2, -0.15) is 0 Å². The summed E-state index contributed by atoms with van der Waals surface area (Å²) in [6.45, 7) is 5.31. The van der Waals surface area contributed by atoms with Crippen LogP contribution in [0.1, 0.15) is 47.4 Å². The molecule has 0 aliphatic carbocycles. The fraction of sp³-hybridized carbons (Fsp3) is 0.312. The molecule has 0 fully saturated rings. The molecule has 0 spiro atoms. The van der Waals surface area contributed by atoms with E-state index in [2.05, 4.69) is 10.3 Å². The van der Waals surface area contributed by atoms with E-state index in [9.17, 15) is 19.1 Å². The van der Waals surface area contributed by atoms with Gasteiger partial charge in [0.1, 0.15) is 47.0 Å². The number of pyridine rings is 2. The van der Waals surface area contributed by atoms with Crippen molar-refractivity contribution in [2.75, 3.05) is 20.3 Å². The first-order chi connectivity index (χ1) is 20.0. The van der Waals surface area contributed by atoms with Gasteiger partial charge in [-0.05, 0) is 74.4 Å². The summed E-state index contributed by atoms with van der Waals surface area (Å²) in [5, 5.41) is 15.2. The van der Waals surface area contributed by atoms with Crippen LogP contribution >= 0.6 is 0 Å². The Morgan fingerprint density at radius 3 is 2.69 bits per heavy atom. The largest absolute Gasteiger partial charge is 0.494 e. The van der Waals surface area contributed by atoms with E-state index < -0.39 is 28.8 Å². The Hall–Kier alpha value is -4.41. The number of hydrogen-bond acceptors (Lipinski definition) is 8. The van der Waals surface area contributed by atoms with Crippen LogP contribution in [-0.2, 0) is 15.8 Å². The third-order valence-corrected chi connectivity index (χ3v) is 8.03. The van der Waals surface area contributed by atoms with Gasteiger partial charge >= 0.3 is 0 Å². The maximum atomic E-state index is 13.7. The molecule has 5 rings (SSSR count). The van der Waals surface area contributed by atoms with E-state index in [1.165, 1.54) is 26.2 Å². The number of carbonyl (C=O) groups is 2. The van der Waals surface area contributed by atoms with E-state index in [1.54, 1.807) is 36.5 Å². The number of nitrogens with zero attached hydrogens (tertiary/aromatic N) is 2. The van der Waals surface area contributed by atoms with E-state index in [4.69, 9.17) is 20.2 Å². The fourth-order valence-corrected chi connectivity index (χ4v) is 5.40. The number of halogens is 1. The van der Waals surface area contributed by atoms with Gasteiger partial charge in [0.25, 0.3) is 5.91 Å². The van der Waals surface area contributed by atoms with Gasteiger partial charge in [-0.25, -0.2) is 9.37 Å². The van der Waals surface area contributed by atoms with E-state index in [0.29, 0.717) is 52.1 Å². The highest BCUT2D eigenvalue weighted by atomic mass is 19.1. The molecule has 1 unspecified atom stereocenters. The van der Waals surface area contributed by atoms with E-state index in [0.717, 1.165) is 10.9 Å². The molecule has 10 heteroatoms. The standard InChI is InChI=1S/C32H33FN4O5/c1-5-32(25(34)15-38)17-42-29-23(32)13-26(37-28(29)19-6-8-22(33)9-7-19)31(3,40)16-36-30(39)21-11-20-10-18(2)14-35-27(20)24(12-21)41-4/h6-15,25,40H,5,16-17,34H2,1-4H3,(H,36,39)/t25?,31-,32-/m0/s1. The number of nitrogens with two attached hydrogens (primary N) is 1. The third-order valence-electron chi connectivity index (χ3n) is 8.03. The van der Waals surface area contributed by atoms with Crippen LogP contribution in [0.25, 0.3) is 22.2 Å². The van der Waals surface area contributed by atoms with Crippen molar-refractivity contribution >= 4 is 23.1 Å². The summed E-state index contributed by atoms with van der Waals surface area (Å²) in [6.07, 6.45) is 2.90. The predicted molar refractivity (Wildman–Crippen MR) is 156 cm³/mol. The van der Waals surface area contributed by atoms with Crippen LogP contribution in [0.3, 0.4) is 0 Å². The number of amides is 1. The summed E-state index contributed by atoms with van der Waals surface area (Å²) in [7, 11) is 1.51. The first kappa shape index (κ1) is 29.1. The lowest BCUT2D eigenvalue weighted by atomic mass is 9.73. The number of fused-ring (bicyclic) bond motifs is 2. The molecule has 42 heavy (non-hydrogen) atoms. The van der Waals surface area contributed by atoms with Gasteiger partial charge < -0.3 is 30.4 Å². The SMILES string of the molecule is CC[C@]1(C(N)C=O)COc2c1cc([C@@](C)(O)CNC(=O)c1cc(OC)c3ncc(C)cc3c1)nc2-c1ccc(F)cc1. The quantitative estimate of drug-likeness (QED) is 0.257. The van der Waals surface area contributed by atoms with Crippen LogP contribution in [-0.4, -0.2) is 53.6 Å². The second-order valence-corrected chi connectivity index (χ2v) is 10.9. The van der Waals surface area contributed by atoms with E-state index >= 15 is 0 Å². The lowest BCUT2D eigenvalue weighted by molar-refractivity contribution is -0.110. The minimum absolute atomic E-state index is 0.148. The van der Waals surface area contributed by atoms with Gasteiger partial charge in [0.2, 0.25) is 0 Å². The first-order valence-electron chi connectivity index (χ1n) is 13.6. The summed E-state index contributed by atoms with van der Waals surface area (Å²) in [5.41, 5.74) is 7.51. The number of ether oxygens (including phenoxy) is 2. The molecule has 1 aliphatic heterocycles. The second-order valence-electron chi connectivity index (χ2n) is 10.9. The summed E-state index contributed by atoms with van der Waals surface area (Å²) in [4.78, 5) is 34.3. The number of nitrogens with one attached hydrogen (secondary N) is 1. The molecule has 2 aromatic carbocycles. The summed E-state index contributed by atoms with van der Waals surface area (Å²) in [6, 6.07) is 11.8. The molecule has 0 saturated carbocycles. The van der Waals surface area contributed by atoms with Crippen LogP contribution in [0.15, 0.2) is 54.7 Å². The average molecular weight is 573 g/mol. The third kappa shape index (κ3) is 5.08. The molecular formula is C32H33FN4O5. The number of aryl methyl sites for hydroxylation is 1. The fourth-order valence-electron chi connectivity index (χ4n) is 5.40. The predicted octanol–water partition coefficient (Wildman–Crippen LogP) is 3.96. The van der Waals surface area contributed by atoms with Gasteiger partial charge in [0.15, 0.2) is 0 Å². The van der Waals surface area contributed by atoms with Crippen LogP contribution in [0.4, 0.5) is 4.39 Å². The Balaban J connectivity index is 1.52. The van der Waals surface area contributed by atoms with Gasteiger partial charge in [-0.15, -0.1) is 0 Å². The van der Waals surface area contributed by atoms with Crippen molar-refractivity contribution in [2.45, 2.75) is 44.2 Å². The highest BCUT2D eigenvalue weighted by molar-refractivity contribution is 6.00. The lowest BCUT2D eigenvalue weighted by Gasteiger charge is -2.31. The van der Waals surface area contributed by atoms with Crippen molar-refractivity contribution in [3.05, 3.63) is 82.9 Å². The smallest absolute Gasteiger partial charge is 0.251 e. The summed E-state index contributed by atoms with van der Waals surface area (Å²) in [5.74, 6) is 0.0444. The molecule has 218 valence electrons. The molecule has 3 heterocycles. The number of hydrogen-bond donors (Lipinski definition) is 3. The van der Waals surface area contributed by atoms with Gasteiger partial charge in [-0.1, -0.05) is 6.92 Å². The topological polar surface area (TPSA) is 137 Å². The van der Waals surface area contributed by atoms with Crippen molar-refractivity contribution in [2.24, 2.45) is 5.73 Å². The number of carbonyl (C=O) groups excluding carboxylic acids is 2. The minimum atomic E-state index is -1.65. The highest BCUT2D eigenvalue weighted by Gasteiger charge is 2.47. The average Bonchev–Trinajstić information content (AvgIpc) is 3.38. The Morgan fingerprint density at radius 1 is 1.29 bits per heavy atom. The molecule has 1 amide bonds. The molecule has 0 radical (unpaired) electrons. The number of aliphatic hydroxyl groups is 1. The van der Waals surface area contributed by atoms with Crippen molar-refractivity contribution in [1.29, 1.82) is 0 Å². The maximum absolute atomic E-state index is 13.7. The zero-order valence-corrected chi connectivity index (χ0v) is 23.9. The molecule has 9 nitrogen and oxygen atoms in total. The molecule has 0 bridgehead atoms. The molecule has 3 atom stereocenters. The van der Waals surface area contributed by atoms with Crippen molar-refractivity contribution < 1.29 is 28.6 Å². The van der Waals surface area contributed by atoms with Crippen molar-refractivity contribution in [1.82, 2.24) is 15.3 Å². The molecule has 1 aliphatic rings. The van der Waals surface area contributed by atoms with Crippen LogP contribution in [0.2, 0.25) is 0 Å². The summed E-state index contributed by atoms with van der Waals surface area (Å²) < 4.78 is 25.3. The number of aldehydes is 1. The minimum Gasteiger partial charge on any atom is -0.494 e. The maximum Gasteiger partial charge on any atom is 0.251 e. The van der Waals surface area contributed by atoms with Crippen LogP contribution in [0.5, 0.6) is 11.5 Å². The molecule has 0 saturated heterocycles. The van der Waals surface area contributed by atoms with Gasteiger partial charge in [-0.3, -0.25) is 9.78 Å². The van der Waals surface area contributed by atoms with E-state index in [-0.39, 0.29) is 18.8 Å². The Labute approximate surface area is 242 Å². The molecule has 2 aromatic heterocycles. The first-order valence-corrected chi connectivity index (χ1v) is 13.6. The lowest BCUT2D eigenvalue weighted by Crippen LogP contribution is -2.47. The summed E-state index contributed by atoms with van der Waals surface area (Å²) >= 11 is 0.